The molecule has 0 amide bonds. The Hall–Kier alpha value is -0.0800. The molecule has 0 aromatic carbocycles. The first-order valence-electron chi connectivity index (χ1n) is 6.52. The van der Waals surface area contributed by atoms with Crippen molar-refractivity contribution in [3.8, 4) is 0 Å². The maximum atomic E-state index is 5.85. The van der Waals surface area contributed by atoms with Gasteiger partial charge in [0.1, 0.15) is 0 Å². The van der Waals surface area contributed by atoms with Crippen LogP contribution in [0.15, 0.2) is 0 Å². The fourth-order valence-electron chi connectivity index (χ4n) is 2.03. The fourth-order valence-corrected chi connectivity index (χ4v) is 2.03. The van der Waals surface area contributed by atoms with E-state index < -0.39 is 0 Å². The van der Waals surface area contributed by atoms with E-state index in [0.717, 1.165) is 13.2 Å². The molecule has 0 saturated carbocycles. The van der Waals surface area contributed by atoms with Crippen LogP contribution in [0.3, 0.4) is 0 Å². The molecule has 2 heteroatoms. The molecule has 0 spiro atoms. The molecular weight excluding hydrogens is 186 g/mol. The summed E-state index contributed by atoms with van der Waals surface area (Å²) in [5, 5.41) is 3.56. The normalized spacial score (nSPS) is 15.6. The Labute approximate surface area is 95.8 Å². The first-order chi connectivity index (χ1) is 7.17. The van der Waals surface area contributed by atoms with Crippen molar-refractivity contribution < 1.29 is 4.74 Å². The zero-order valence-electron chi connectivity index (χ0n) is 11.2. The molecule has 0 radical (unpaired) electrons. The van der Waals surface area contributed by atoms with Crippen LogP contribution in [0, 0.1) is 5.92 Å². The monoisotopic (exact) mass is 215 g/mol. The van der Waals surface area contributed by atoms with Gasteiger partial charge in [0, 0.05) is 12.6 Å². The summed E-state index contributed by atoms with van der Waals surface area (Å²) in [6.45, 7) is 12.8. The Morgan fingerprint density at radius 1 is 1.13 bits per heavy atom. The van der Waals surface area contributed by atoms with Crippen LogP contribution in [0.1, 0.15) is 53.9 Å². The summed E-state index contributed by atoms with van der Waals surface area (Å²) in [6, 6.07) is 0.523. The highest BCUT2D eigenvalue weighted by Gasteiger charge is 2.23. The SMILES string of the molecule is CCCCC(NCC)C(OCC)C(C)C. The van der Waals surface area contributed by atoms with Gasteiger partial charge in [0.15, 0.2) is 0 Å². The Kier molecular flexibility index (Phi) is 9.12. The lowest BCUT2D eigenvalue weighted by Gasteiger charge is -2.30. The average molecular weight is 215 g/mol. The number of unbranched alkanes of at least 4 members (excludes halogenated alkanes) is 1. The number of hydrogen-bond donors (Lipinski definition) is 1. The standard InChI is InChI=1S/C13H29NO/c1-6-9-10-12(14-7-2)13(11(4)5)15-8-3/h11-14H,6-10H2,1-5H3. The molecule has 0 saturated heterocycles. The van der Waals surface area contributed by atoms with Crippen LogP contribution in [0.4, 0.5) is 0 Å². The second-order valence-corrected chi connectivity index (χ2v) is 4.47. The quantitative estimate of drug-likeness (QED) is 0.637. The lowest BCUT2D eigenvalue weighted by atomic mass is 9.95. The van der Waals surface area contributed by atoms with E-state index in [0.29, 0.717) is 18.1 Å². The number of nitrogens with one attached hydrogen (secondary N) is 1. The largest absolute Gasteiger partial charge is 0.377 e. The minimum absolute atomic E-state index is 0.362. The van der Waals surface area contributed by atoms with Crippen molar-refractivity contribution in [3.05, 3.63) is 0 Å². The van der Waals surface area contributed by atoms with E-state index in [9.17, 15) is 0 Å². The minimum Gasteiger partial charge on any atom is -0.377 e. The van der Waals surface area contributed by atoms with Gasteiger partial charge in [-0.15, -0.1) is 0 Å². The van der Waals surface area contributed by atoms with Gasteiger partial charge < -0.3 is 10.1 Å². The predicted octanol–water partition coefficient (Wildman–Crippen LogP) is 3.22. The molecule has 0 aliphatic carbocycles. The van der Waals surface area contributed by atoms with Gasteiger partial charge in [0.2, 0.25) is 0 Å². The second-order valence-electron chi connectivity index (χ2n) is 4.47. The van der Waals surface area contributed by atoms with E-state index in [1.54, 1.807) is 0 Å². The smallest absolute Gasteiger partial charge is 0.0750 e. The Morgan fingerprint density at radius 3 is 2.20 bits per heavy atom. The van der Waals surface area contributed by atoms with E-state index >= 15 is 0 Å². The highest BCUT2D eigenvalue weighted by molar-refractivity contribution is 4.79. The number of ether oxygens (including phenoxy) is 1. The van der Waals surface area contributed by atoms with Crippen molar-refractivity contribution >= 4 is 0 Å². The summed E-state index contributed by atoms with van der Waals surface area (Å²) in [6.07, 6.45) is 4.14. The van der Waals surface area contributed by atoms with Gasteiger partial charge in [-0.25, -0.2) is 0 Å². The van der Waals surface area contributed by atoms with E-state index in [-0.39, 0.29) is 0 Å². The minimum atomic E-state index is 0.362. The third-order valence-corrected chi connectivity index (χ3v) is 2.75. The van der Waals surface area contributed by atoms with E-state index in [1.807, 2.05) is 0 Å². The molecule has 0 heterocycles. The highest BCUT2D eigenvalue weighted by atomic mass is 16.5. The summed E-state index contributed by atoms with van der Waals surface area (Å²) >= 11 is 0. The maximum absolute atomic E-state index is 5.85. The molecule has 2 atom stereocenters. The zero-order valence-corrected chi connectivity index (χ0v) is 11.2. The predicted molar refractivity (Wildman–Crippen MR) is 67.2 cm³/mol. The van der Waals surface area contributed by atoms with Gasteiger partial charge in [-0.1, -0.05) is 40.5 Å². The van der Waals surface area contributed by atoms with Crippen LogP contribution in [0.25, 0.3) is 0 Å². The Balaban J connectivity index is 4.23. The lowest BCUT2D eigenvalue weighted by molar-refractivity contribution is 0.00138. The summed E-state index contributed by atoms with van der Waals surface area (Å²) < 4.78 is 5.85. The zero-order chi connectivity index (χ0) is 11.7. The van der Waals surface area contributed by atoms with Gasteiger partial charge in [0.25, 0.3) is 0 Å². The van der Waals surface area contributed by atoms with Crippen LogP contribution in [0.5, 0.6) is 0 Å². The average Bonchev–Trinajstić information content (AvgIpc) is 2.21. The molecule has 0 bridgehead atoms. The van der Waals surface area contributed by atoms with Crippen molar-refractivity contribution in [1.82, 2.24) is 5.32 Å². The Morgan fingerprint density at radius 2 is 1.80 bits per heavy atom. The van der Waals surface area contributed by atoms with Crippen molar-refractivity contribution in [3.63, 3.8) is 0 Å². The van der Waals surface area contributed by atoms with Crippen molar-refractivity contribution in [2.24, 2.45) is 5.92 Å². The van der Waals surface area contributed by atoms with Crippen molar-refractivity contribution in [2.75, 3.05) is 13.2 Å². The molecule has 0 aliphatic heterocycles. The Bertz CT molecular complexity index is 136. The van der Waals surface area contributed by atoms with Crippen LogP contribution in [-0.2, 0) is 4.74 Å². The van der Waals surface area contributed by atoms with E-state index in [2.05, 4.69) is 39.9 Å². The summed E-state index contributed by atoms with van der Waals surface area (Å²) in [7, 11) is 0. The molecule has 1 N–H and O–H groups in total. The molecule has 2 unspecified atom stereocenters. The topological polar surface area (TPSA) is 21.3 Å². The van der Waals surface area contributed by atoms with E-state index in [1.165, 1.54) is 19.3 Å². The summed E-state index contributed by atoms with van der Waals surface area (Å²) in [5.41, 5.74) is 0. The maximum Gasteiger partial charge on any atom is 0.0750 e. The van der Waals surface area contributed by atoms with Gasteiger partial charge >= 0.3 is 0 Å². The first-order valence-corrected chi connectivity index (χ1v) is 6.52. The number of hydrogen-bond acceptors (Lipinski definition) is 2. The second kappa shape index (κ2) is 9.17. The molecule has 0 rings (SSSR count). The van der Waals surface area contributed by atoms with Crippen molar-refractivity contribution in [1.29, 1.82) is 0 Å². The molecule has 0 aliphatic rings. The van der Waals surface area contributed by atoms with Gasteiger partial charge in [0.05, 0.1) is 6.10 Å². The molecular formula is C13H29NO. The van der Waals surface area contributed by atoms with Gasteiger partial charge in [-0.05, 0) is 25.8 Å². The van der Waals surface area contributed by atoms with E-state index in [4.69, 9.17) is 4.74 Å². The molecule has 2 nitrogen and oxygen atoms in total. The van der Waals surface area contributed by atoms with Crippen molar-refractivity contribution in [2.45, 2.75) is 66.0 Å². The molecule has 0 aromatic heterocycles. The van der Waals surface area contributed by atoms with Crippen LogP contribution >= 0.6 is 0 Å². The molecule has 0 aromatic rings. The van der Waals surface area contributed by atoms with Crippen LogP contribution < -0.4 is 5.32 Å². The third-order valence-electron chi connectivity index (χ3n) is 2.75. The summed E-state index contributed by atoms with van der Waals surface area (Å²) in [5.74, 6) is 0.589. The first kappa shape index (κ1) is 14.9. The van der Waals surface area contributed by atoms with Gasteiger partial charge in [-0.2, -0.15) is 0 Å². The number of likely N-dealkylation sites (N-methyl/N-ethyl adjacent to an activating group) is 1. The van der Waals surface area contributed by atoms with Crippen LogP contribution in [0.2, 0.25) is 0 Å². The third kappa shape index (κ3) is 6.16. The number of rotatable bonds is 9. The lowest BCUT2D eigenvalue weighted by Crippen LogP contribution is -2.44. The fraction of sp³-hybridized carbons (Fsp3) is 1.00. The molecule has 0 fully saturated rings. The van der Waals surface area contributed by atoms with Crippen LogP contribution in [-0.4, -0.2) is 25.3 Å². The van der Waals surface area contributed by atoms with Gasteiger partial charge in [-0.3, -0.25) is 0 Å². The summed E-state index contributed by atoms with van der Waals surface area (Å²) in [4.78, 5) is 0. The highest BCUT2D eigenvalue weighted by Crippen LogP contribution is 2.16. The molecule has 92 valence electrons. The molecule has 15 heavy (non-hydrogen) atoms.